The molecule has 0 saturated carbocycles. The molecular formula is C22H40N4OS. The molecule has 5 nitrogen and oxygen atoms in total. The van der Waals surface area contributed by atoms with Crippen molar-refractivity contribution in [2.24, 2.45) is 11.6 Å². The maximum atomic E-state index is 11.8. The van der Waals surface area contributed by atoms with Gasteiger partial charge in [0, 0.05) is 12.7 Å². The Morgan fingerprint density at radius 2 is 1.61 bits per heavy atom. The average molecular weight is 409 g/mol. The molecule has 0 unspecified atom stereocenters. The van der Waals surface area contributed by atoms with E-state index in [1.54, 1.807) is 24.3 Å². The highest BCUT2D eigenvalue weighted by molar-refractivity contribution is 8.03. The Balaban J connectivity index is -0.000000413. The molecule has 0 aliphatic heterocycles. The first-order valence-corrected chi connectivity index (χ1v) is 10.7. The van der Waals surface area contributed by atoms with Gasteiger partial charge < -0.3 is 10.6 Å². The first-order valence-electron chi connectivity index (χ1n) is 9.51. The smallest absolute Gasteiger partial charge is 0.278 e. The van der Waals surface area contributed by atoms with E-state index in [9.17, 15) is 4.79 Å². The van der Waals surface area contributed by atoms with E-state index in [-0.39, 0.29) is 5.91 Å². The van der Waals surface area contributed by atoms with Gasteiger partial charge in [-0.2, -0.15) is 0 Å². The van der Waals surface area contributed by atoms with Gasteiger partial charge in [0.1, 0.15) is 0 Å². The summed E-state index contributed by atoms with van der Waals surface area (Å²) < 4.78 is 0. The number of likely N-dealkylation sites (N-methyl/N-ethyl adjacent to an activating group) is 1. The molecule has 1 aromatic carbocycles. The van der Waals surface area contributed by atoms with E-state index in [2.05, 4.69) is 6.58 Å². The minimum absolute atomic E-state index is 0.184. The summed E-state index contributed by atoms with van der Waals surface area (Å²) >= 11 is 1.39. The van der Waals surface area contributed by atoms with Crippen molar-refractivity contribution < 1.29 is 4.79 Å². The zero-order chi connectivity index (χ0) is 22.5. The van der Waals surface area contributed by atoms with Crippen LogP contribution >= 0.6 is 11.8 Å². The van der Waals surface area contributed by atoms with Crippen LogP contribution < -0.4 is 16.6 Å². The van der Waals surface area contributed by atoms with Gasteiger partial charge in [0.15, 0.2) is 0 Å². The lowest BCUT2D eigenvalue weighted by atomic mass is 10.3. The molecule has 0 aliphatic carbocycles. The van der Waals surface area contributed by atoms with Crippen molar-refractivity contribution in [1.29, 1.82) is 0 Å². The van der Waals surface area contributed by atoms with Gasteiger partial charge in [-0.1, -0.05) is 64.6 Å². The number of benzene rings is 1. The summed E-state index contributed by atoms with van der Waals surface area (Å²) in [5, 5.41) is 1.16. The van der Waals surface area contributed by atoms with Crippen LogP contribution in [-0.4, -0.2) is 30.8 Å². The fraction of sp³-hybridized carbons (Fsp3) is 0.409. The van der Waals surface area contributed by atoms with Crippen molar-refractivity contribution in [3.8, 4) is 0 Å². The molecule has 6 heteroatoms. The zero-order valence-electron chi connectivity index (χ0n) is 18.9. The number of nitrogens with two attached hydrogens (primary N) is 2. The topological polar surface area (TPSA) is 75.6 Å². The number of para-hydroxylation sites is 1. The quantitative estimate of drug-likeness (QED) is 0.170. The molecule has 0 saturated heterocycles. The summed E-state index contributed by atoms with van der Waals surface area (Å²) in [5.74, 6) is 5.54. The highest BCUT2D eigenvalue weighted by Gasteiger charge is 2.14. The summed E-state index contributed by atoms with van der Waals surface area (Å²) in [6.45, 7) is 16.0. The summed E-state index contributed by atoms with van der Waals surface area (Å²) in [7, 11) is 1.93. The van der Waals surface area contributed by atoms with Gasteiger partial charge in [-0.3, -0.25) is 4.79 Å². The molecule has 0 bridgehead atoms. The van der Waals surface area contributed by atoms with Gasteiger partial charge in [-0.05, 0) is 38.3 Å². The number of nitrogens with zero attached hydrogens (tertiary/aromatic N) is 2. The van der Waals surface area contributed by atoms with Crippen LogP contribution in [0.5, 0.6) is 0 Å². The number of hydrazine groups is 1. The first kappa shape index (κ1) is 30.7. The third-order valence-corrected chi connectivity index (χ3v) is 4.02. The number of carbonyl (C=O) groups excluding carboxylic acids is 1. The molecule has 0 aromatic heterocycles. The van der Waals surface area contributed by atoms with E-state index in [4.69, 9.17) is 11.6 Å². The molecular weight excluding hydrogens is 368 g/mol. The minimum atomic E-state index is -0.184. The molecule has 0 heterocycles. The Kier molecular flexibility index (Phi) is 23.3. The van der Waals surface area contributed by atoms with Crippen molar-refractivity contribution in [1.82, 2.24) is 4.90 Å². The highest BCUT2D eigenvalue weighted by atomic mass is 32.2. The van der Waals surface area contributed by atoms with E-state index < -0.39 is 0 Å². The summed E-state index contributed by atoms with van der Waals surface area (Å²) in [6, 6.07) is 9.16. The lowest BCUT2D eigenvalue weighted by Crippen LogP contribution is -2.37. The largest absolute Gasteiger partial charge is 0.362 e. The molecule has 160 valence electrons. The molecule has 0 aliphatic rings. The number of hydrogen-bond donors (Lipinski definition) is 2. The van der Waals surface area contributed by atoms with Gasteiger partial charge in [-0.15, -0.1) is 11.8 Å². The third-order valence-electron chi connectivity index (χ3n) is 3.17. The van der Waals surface area contributed by atoms with Crippen molar-refractivity contribution in [3.63, 3.8) is 0 Å². The minimum Gasteiger partial charge on any atom is -0.362 e. The average Bonchev–Trinajstić information content (AvgIpc) is 2.78. The second-order valence-electron chi connectivity index (χ2n) is 4.67. The Labute approximate surface area is 177 Å². The van der Waals surface area contributed by atoms with Crippen molar-refractivity contribution in [2.45, 2.75) is 41.5 Å². The van der Waals surface area contributed by atoms with Crippen LogP contribution in [0.15, 0.2) is 65.7 Å². The van der Waals surface area contributed by atoms with Crippen molar-refractivity contribution >= 4 is 23.4 Å². The van der Waals surface area contributed by atoms with Crippen LogP contribution in [-0.2, 0) is 4.79 Å². The molecule has 0 spiro atoms. The molecule has 0 radical (unpaired) electrons. The lowest BCUT2D eigenvalue weighted by molar-refractivity contribution is -0.114. The summed E-state index contributed by atoms with van der Waals surface area (Å²) in [5.41, 5.74) is 7.12. The number of anilines is 1. The predicted octanol–water partition coefficient (Wildman–Crippen LogP) is 5.14. The monoisotopic (exact) mass is 408 g/mol. The number of allylic oxidation sites excluding steroid dienone is 3. The number of thioether (sulfide) groups is 1. The van der Waals surface area contributed by atoms with Crippen LogP contribution in [0, 0.1) is 0 Å². The van der Waals surface area contributed by atoms with E-state index in [1.165, 1.54) is 11.8 Å². The Morgan fingerprint density at radius 3 is 1.89 bits per heavy atom. The van der Waals surface area contributed by atoms with Gasteiger partial charge in [0.25, 0.3) is 5.91 Å². The van der Waals surface area contributed by atoms with Crippen LogP contribution in [0.1, 0.15) is 41.5 Å². The number of rotatable bonds is 6. The molecule has 1 aromatic rings. The van der Waals surface area contributed by atoms with Crippen LogP contribution in [0.3, 0.4) is 0 Å². The molecule has 1 rings (SSSR count). The lowest BCUT2D eigenvalue weighted by Gasteiger charge is -2.17. The molecule has 4 N–H and O–H groups in total. The normalized spacial score (nSPS) is 10.1. The fourth-order valence-corrected chi connectivity index (χ4v) is 2.26. The number of carbonyl (C=O) groups is 1. The maximum absolute atomic E-state index is 11.8. The van der Waals surface area contributed by atoms with Gasteiger partial charge in [0.05, 0.1) is 17.3 Å². The van der Waals surface area contributed by atoms with Crippen molar-refractivity contribution in [3.05, 3.63) is 65.7 Å². The van der Waals surface area contributed by atoms with Gasteiger partial charge >= 0.3 is 0 Å². The standard InChI is InChI=1S/C11H14N2OS.C7H14N2.2C2H6/c1-3-10(15-2)11(14)13(12)9-7-5-4-6-8-9;1-4-7(5-2)9(3)6-8;2*1-2/h3-8H,12H2,1-2H3;4-5H,1,6,8H2,2-3H3;2*1-2H3/b10-3+;7-5+;;. The maximum Gasteiger partial charge on any atom is 0.278 e. The van der Waals surface area contributed by atoms with Crippen molar-refractivity contribution in [2.75, 3.05) is 25.0 Å². The van der Waals surface area contributed by atoms with Gasteiger partial charge in [-0.25, -0.2) is 10.9 Å². The van der Waals surface area contributed by atoms with Crippen LogP contribution in [0.4, 0.5) is 5.69 Å². The third kappa shape index (κ3) is 12.4. The first-order chi connectivity index (χ1) is 13.5. The van der Waals surface area contributed by atoms with Crippen LogP contribution in [0.2, 0.25) is 0 Å². The number of hydrogen-bond acceptors (Lipinski definition) is 5. The van der Waals surface area contributed by atoms with Gasteiger partial charge in [0.2, 0.25) is 0 Å². The summed E-state index contributed by atoms with van der Waals surface area (Å²) in [4.78, 5) is 14.4. The number of amides is 1. The molecule has 0 fully saturated rings. The second kappa shape index (κ2) is 21.3. The molecule has 1 amide bonds. The Morgan fingerprint density at radius 1 is 1.11 bits per heavy atom. The van der Waals surface area contributed by atoms with E-state index in [0.717, 1.165) is 10.7 Å². The summed E-state index contributed by atoms with van der Waals surface area (Å²) in [6.07, 6.45) is 7.37. The van der Waals surface area contributed by atoms with E-state index in [0.29, 0.717) is 17.3 Å². The predicted molar refractivity (Wildman–Crippen MR) is 129 cm³/mol. The Bertz CT molecular complexity index is 571. The second-order valence-corrected chi connectivity index (χ2v) is 5.51. The molecule has 28 heavy (non-hydrogen) atoms. The van der Waals surface area contributed by atoms with E-state index in [1.807, 2.05) is 84.0 Å². The Hall–Kier alpha value is -2.02. The molecule has 0 atom stereocenters. The zero-order valence-corrected chi connectivity index (χ0v) is 19.7. The fourth-order valence-electron chi connectivity index (χ4n) is 1.75. The van der Waals surface area contributed by atoms with Crippen LogP contribution in [0.25, 0.3) is 0 Å². The highest BCUT2D eigenvalue weighted by Crippen LogP contribution is 2.17. The SMILES string of the molecule is C/C=C(/SC)C(=O)N(N)c1ccccc1.C=C/C(=C\C)N(C)CN.CC.CC. The van der Waals surface area contributed by atoms with E-state index >= 15 is 0 Å².